The smallest absolute Gasteiger partial charge is 0.180 e. The van der Waals surface area contributed by atoms with Crippen molar-refractivity contribution in [2.75, 3.05) is 5.75 Å². The molecule has 0 atom stereocenters. The standard InChI is InChI=1S/C16H18N4O2S/c1-10-7-13(12(3)20(10)15-8-11(2)22-18-15)14(21)9-23-16-17-5-6-19(16)4/h5-8H,9H2,1-4H3. The average molecular weight is 330 g/mol. The Labute approximate surface area is 138 Å². The number of carbonyl (C=O) groups excluding carboxylic acids is 1. The van der Waals surface area contributed by atoms with Crippen LogP contribution in [0.4, 0.5) is 0 Å². The topological polar surface area (TPSA) is 65.8 Å². The van der Waals surface area contributed by atoms with Crippen molar-refractivity contribution in [2.45, 2.75) is 25.9 Å². The highest BCUT2D eigenvalue weighted by Crippen LogP contribution is 2.23. The molecule has 0 aliphatic heterocycles. The molecule has 0 unspecified atom stereocenters. The van der Waals surface area contributed by atoms with Crippen molar-refractivity contribution in [1.82, 2.24) is 19.3 Å². The van der Waals surface area contributed by atoms with E-state index in [1.807, 2.05) is 55.3 Å². The highest BCUT2D eigenvalue weighted by molar-refractivity contribution is 7.99. The van der Waals surface area contributed by atoms with Gasteiger partial charge < -0.3 is 9.09 Å². The molecule has 0 N–H and O–H groups in total. The zero-order valence-corrected chi connectivity index (χ0v) is 14.3. The van der Waals surface area contributed by atoms with Crippen LogP contribution in [0.2, 0.25) is 0 Å². The fourth-order valence-corrected chi connectivity index (χ4v) is 3.37. The van der Waals surface area contributed by atoms with E-state index in [-0.39, 0.29) is 5.78 Å². The van der Waals surface area contributed by atoms with Crippen molar-refractivity contribution < 1.29 is 9.32 Å². The first-order valence-corrected chi connectivity index (χ1v) is 8.22. The van der Waals surface area contributed by atoms with Crippen LogP contribution in [0.15, 0.2) is 34.2 Å². The van der Waals surface area contributed by atoms with Gasteiger partial charge in [0.25, 0.3) is 0 Å². The number of ketones is 1. The fourth-order valence-electron chi connectivity index (χ4n) is 2.56. The monoisotopic (exact) mass is 330 g/mol. The molecule has 23 heavy (non-hydrogen) atoms. The summed E-state index contributed by atoms with van der Waals surface area (Å²) in [5.74, 6) is 1.88. The van der Waals surface area contributed by atoms with Crippen LogP contribution in [0.5, 0.6) is 0 Å². The third-order valence-corrected chi connectivity index (χ3v) is 4.74. The highest BCUT2D eigenvalue weighted by atomic mass is 32.2. The van der Waals surface area contributed by atoms with Crippen LogP contribution in [0.1, 0.15) is 27.5 Å². The SMILES string of the molecule is Cc1cc(-n2c(C)cc(C(=O)CSc3nccn3C)c2C)no1. The van der Waals surface area contributed by atoms with Crippen LogP contribution in [0.25, 0.3) is 5.82 Å². The molecule has 3 rings (SSSR count). The lowest BCUT2D eigenvalue weighted by Crippen LogP contribution is -2.06. The minimum atomic E-state index is 0.0811. The quantitative estimate of drug-likeness (QED) is 0.531. The molecule has 3 aromatic rings. The van der Waals surface area contributed by atoms with Crippen LogP contribution in [-0.2, 0) is 7.05 Å². The molecule has 0 spiro atoms. The molecule has 7 heteroatoms. The Bertz CT molecular complexity index is 859. The van der Waals surface area contributed by atoms with Crippen molar-refractivity contribution in [1.29, 1.82) is 0 Å². The summed E-state index contributed by atoms with van der Waals surface area (Å²) >= 11 is 1.44. The Morgan fingerprint density at radius 2 is 2.09 bits per heavy atom. The van der Waals surface area contributed by atoms with Gasteiger partial charge in [0, 0.05) is 42.5 Å². The Kier molecular flexibility index (Phi) is 4.12. The zero-order chi connectivity index (χ0) is 16.6. The molecular formula is C16H18N4O2S. The number of hydrogen-bond donors (Lipinski definition) is 0. The predicted octanol–water partition coefficient (Wildman–Crippen LogP) is 3.10. The van der Waals surface area contributed by atoms with Crippen molar-refractivity contribution in [2.24, 2.45) is 7.05 Å². The maximum Gasteiger partial charge on any atom is 0.180 e. The summed E-state index contributed by atoms with van der Waals surface area (Å²) in [6.45, 7) is 5.73. The van der Waals surface area contributed by atoms with Gasteiger partial charge in [-0.2, -0.15) is 0 Å². The van der Waals surface area contributed by atoms with E-state index in [4.69, 9.17) is 4.52 Å². The maximum absolute atomic E-state index is 12.6. The summed E-state index contributed by atoms with van der Waals surface area (Å²) in [6.07, 6.45) is 3.59. The van der Waals surface area contributed by atoms with Gasteiger partial charge in [0.05, 0.1) is 5.75 Å². The minimum absolute atomic E-state index is 0.0811. The van der Waals surface area contributed by atoms with Crippen LogP contribution in [0, 0.1) is 20.8 Å². The normalized spacial score (nSPS) is 11.1. The fraction of sp³-hybridized carbons (Fsp3) is 0.312. The molecule has 0 saturated heterocycles. The van der Waals surface area contributed by atoms with Crippen LogP contribution >= 0.6 is 11.8 Å². The summed E-state index contributed by atoms with van der Waals surface area (Å²) in [5, 5.41) is 4.87. The second-order valence-electron chi connectivity index (χ2n) is 5.45. The third-order valence-electron chi connectivity index (χ3n) is 3.69. The first kappa shape index (κ1) is 15.6. The number of hydrogen-bond acceptors (Lipinski definition) is 5. The van der Waals surface area contributed by atoms with E-state index < -0.39 is 0 Å². The van der Waals surface area contributed by atoms with Gasteiger partial charge in [-0.15, -0.1) is 0 Å². The molecule has 0 fully saturated rings. The van der Waals surface area contributed by atoms with E-state index in [0.717, 1.165) is 22.3 Å². The molecule has 0 aliphatic rings. The van der Waals surface area contributed by atoms with Gasteiger partial charge in [0.15, 0.2) is 16.8 Å². The second kappa shape index (κ2) is 6.08. The number of imidazole rings is 1. The summed E-state index contributed by atoms with van der Waals surface area (Å²) in [6, 6.07) is 3.76. The molecule has 0 bridgehead atoms. The van der Waals surface area contributed by atoms with Gasteiger partial charge >= 0.3 is 0 Å². The number of aryl methyl sites for hydroxylation is 3. The molecule has 6 nitrogen and oxygen atoms in total. The van der Waals surface area contributed by atoms with E-state index in [2.05, 4.69) is 10.1 Å². The first-order valence-electron chi connectivity index (χ1n) is 7.23. The predicted molar refractivity (Wildman–Crippen MR) is 88.3 cm³/mol. The summed E-state index contributed by atoms with van der Waals surface area (Å²) in [7, 11) is 1.92. The highest BCUT2D eigenvalue weighted by Gasteiger charge is 2.19. The summed E-state index contributed by atoms with van der Waals surface area (Å²) < 4.78 is 8.98. The zero-order valence-electron chi connectivity index (χ0n) is 13.5. The second-order valence-corrected chi connectivity index (χ2v) is 6.39. The molecule has 0 saturated carbocycles. The van der Waals surface area contributed by atoms with Crippen LogP contribution in [-0.4, -0.2) is 30.8 Å². The largest absolute Gasteiger partial charge is 0.360 e. The van der Waals surface area contributed by atoms with Gasteiger partial charge in [-0.3, -0.25) is 9.36 Å². The number of nitrogens with zero attached hydrogens (tertiary/aromatic N) is 4. The van der Waals surface area contributed by atoms with E-state index in [0.29, 0.717) is 17.1 Å². The van der Waals surface area contributed by atoms with E-state index in [1.54, 1.807) is 6.20 Å². The number of aromatic nitrogens is 4. The van der Waals surface area contributed by atoms with E-state index in [1.165, 1.54) is 11.8 Å². The minimum Gasteiger partial charge on any atom is -0.360 e. The maximum atomic E-state index is 12.6. The van der Waals surface area contributed by atoms with Gasteiger partial charge in [0.1, 0.15) is 5.76 Å². The first-order chi connectivity index (χ1) is 11.0. The van der Waals surface area contributed by atoms with E-state index >= 15 is 0 Å². The lowest BCUT2D eigenvalue weighted by Gasteiger charge is -2.05. The Morgan fingerprint density at radius 3 is 2.70 bits per heavy atom. The van der Waals surface area contributed by atoms with E-state index in [9.17, 15) is 4.79 Å². The number of rotatable bonds is 5. The third kappa shape index (κ3) is 2.96. The summed E-state index contributed by atoms with van der Waals surface area (Å²) in [4.78, 5) is 16.8. The Morgan fingerprint density at radius 1 is 1.30 bits per heavy atom. The van der Waals surface area contributed by atoms with Crippen molar-refractivity contribution in [3.8, 4) is 5.82 Å². The Balaban J connectivity index is 1.83. The molecule has 3 heterocycles. The average Bonchev–Trinajstić information content (AvgIpc) is 3.17. The molecule has 0 aliphatic carbocycles. The van der Waals surface area contributed by atoms with Crippen molar-refractivity contribution >= 4 is 17.5 Å². The molecule has 0 aromatic carbocycles. The number of thioether (sulfide) groups is 1. The number of Topliss-reactive ketones (excluding diaryl/α,β-unsaturated/α-hetero) is 1. The van der Waals surface area contributed by atoms with Crippen molar-refractivity contribution in [3.05, 3.63) is 47.2 Å². The van der Waals surface area contributed by atoms with Crippen molar-refractivity contribution in [3.63, 3.8) is 0 Å². The molecular weight excluding hydrogens is 312 g/mol. The van der Waals surface area contributed by atoms with Gasteiger partial charge in [-0.1, -0.05) is 16.9 Å². The van der Waals surface area contributed by atoms with Crippen LogP contribution in [0.3, 0.4) is 0 Å². The number of carbonyl (C=O) groups is 1. The molecule has 3 aromatic heterocycles. The van der Waals surface area contributed by atoms with Gasteiger partial charge in [-0.25, -0.2) is 4.98 Å². The lowest BCUT2D eigenvalue weighted by atomic mass is 10.2. The lowest BCUT2D eigenvalue weighted by molar-refractivity contribution is 0.102. The molecule has 0 radical (unpaired) electrons. The van der Waals surface area contributed by atoms with Gasteiger partial charge in [0.2, 0.25) is 0 Å². The van der Waals surface area contributed by atoms with Gasteiger partial charge in [-0.05, 0) is 26.8 Å². The Hall–Kier alpha value is -2.28. The summed E-state index contributed by atoms with van der Waals surface area (Å²) in [5.41, 5.74) is 2.55. The molecule has 120 valence electrons. The molecule has 0 amide bonds. The van der Waals surface area contributed by atoms with Crippen LogP contribution < -0.4 is 0 Å².